The van der Waals surface area contributed by atoms with Crippen molar-refractivity contribution in [2.24, 2.45) is 5.92 Å². The summed E-state index contributed by atoms with van der Waals surface area (Å²) in [5.41, 5.74) is 1.11. The summed E-state index contributed by atoms with van der Waals surface area (Å²) in [4.78, 5) is 18.7. The van der Waals surface area contributed by atoms with Gasteiger partial charge in [-0.3, -0.25) is 4.98 Å². The number of hydrogen-bond donors (Lipinski definition) is 1. The number of rotatable bonds is 3. The number of urea groups is 1. The van der Waals surface area contributed by atoms with Gasteiger partial charge in [0.15, 0.2) is 0 Å². The Balaban J connectivity index is 2.08. The number of hydrogen-bond acceptors (Lipinski definition) is 3. The normalized spacial score (nSPS) is 24.0. The molecule has 2 rings (SSSR count). The Bertz CT molecular complexity index is 466. The molecule has 0 saturated carbocycles. The maximum Gasteiger partial charge on any atom is 0.318 e. The number of nitrogens with zero attached hydrogens (tertiary/aromatic N) is 2. The predicted molar refractivity (Wildman–Crippen MR) is 88.4 cm³/mol. The molecule has 0 spiro atoms. The summed E-state index contributed by atoms with van der Waals surface area (Å²) < 4.78 is 0. The van der Waals surface area contributed by atoms with Crippen molar-refractivity contribution >= 4 is 17.8 Å². The number of nitrogens with one attached hydrogen (secondary N) is 1. The summed E-state index contributed by atoms with van der Waals surface area (Å²) in [6.07, 6.45) is 3.55. The molecule has 1 aromatic rings. The maximum absolute atomic E-state index is 12.6. The molecule has 1 saturated heterocycles. The van der Waals surface area contributed by atoms with E-state index < -0.39 is 0 Å². The third-order valence-electron chi connectivity index (χ3n) is 4.16. The first kappa shape index (κ1) is 16.1. The maximum atomic E-state index is 12.6. The van der Waals surface area contributed by atoms with E-state index in [1.807, 2.05) is 28.8 Å². The summed E-state index contributed by atoms with van der Waals surface area (Å²) in [6.45, 7) is 9.40. The van der Waals surface area contributed by atoms with Crippen LogP contribution in [-0.2, 0) is 0 Å². The van der Waals surface area contributed by atoms with Crippen LogP contribution in [-0.4, -0.2) is 39.5 Å². The first-order chi connectivity index (χ1) is 10.0. The van der Waals surface area contributed by atoms with Gasteiger partial charge >= 0.3 is 6.03 Å². The molecule has 1 N–H and O–H groups in total. The van der Waals surface area contributed by atoms with Crippen molar-refractivity contribution in [2.75, 3.05) is 12.3 Å². The van der Waals surface area contributed by atoms with Crippen molar-refractivity contribution in [1.82, 2.24) is 15.2 Å². The minimum atomic E-state index is 0.0255. The molecule has 3 atom stereocenters. The summed E-state index contributed by atoms with van der Waals surface area (Å²) in [5, 5.41) is 3.69. The number of pyridine rings is 1. The molecule has 3 unspecified atom stereocenters. The lowest BCUT2D eigenvalue weighted by molar-refractivity contribution is 0.173. The average Bonchev–Trinajstić information content (AvgIpc) is 2.48. The molecule has 1 aromatic heterocycles. The van der Waals surface area contributed by atoms with Gasteiger partial charge in [0, 0.05) is 36.0 Å². The fraction of sp³-hybridized carbons (Fsp3) is 0.625. The predicted octanol–water partition coefficient (Wildman–Crippen LogP) is 3.31. The van der Waals surface area contributed by atoms with Crippen LogP contribution < -0.4 is 5.32 Å². The molecule has 0 bridgehead atoms. The summed E-state index contributed by atoms with van der Waals surface area (Å²) in [7, 11) is 0. The number of aromatic nitrogens is 1. The first-order valence-electron chi connectivity index (χ1n) is 7.59. The second-order valence-electron chi connectivity index (χ2n) is 5.96. The van der Waals surface area contributed by atoms with E-state index >= 15 is 0 Å². The lowest BCUT2D eigenvalue weighted by Crippen LogP contribution is -2.52. The molecular formula is C16H25N3OS. The minimum Gasteiger partial charge on any atom is -0.331 e. The van der Waals surface area contributed by atoms with Crippen molar-refractivity contribution < 1.29 is 4.79 Å². The molecule has 0 aromatic carbocycles. The van der Waals surface area contributed by atoms with Gasteiger partial charge in [0.25, 0.3) is 0 Å². The average molecular weight is 307 g/mol. The van der Waals surface area contributed by atoms with E-state index in [9.17, 15) is 4.79 Å². The largest absolute Gasteiger partial charge is 0.331 e. The molecule has 1 aliphatic rings. The van der Waals surface area contributed by atoms with Crippen molar-refractivity contribution in [3.63, 3.8) is 0 Å². The van der Waals surface area contributed by atoms with Gasteiger partial charge in [0.2, 0.25) is 0 Å². The van der Waals surface area contributed by atoms with Crippen molar-refractivity contribution in [3.8, 4) is 0 Å². The zero-order valence-electron chi connectivity index (χ0n) is 13.2. The second kappa shape index (κ2) is 7.16. The number of amides is 2. The van der Waals surface area contributed by atoms with Crippen LogP contribution in [0.3, 0.4) is 0 Å². The highest BCUT2D eigenvalue weighted by Gasteiger charge is 2.30. The van der Waals surface area contributed by atoms with Crippen LogP contribution in [0, 0.1) is 5.92 Å². The Kier molecular flexibility index (Phi) is 5.51. The summed E-state index contributed by atoms with van der Waals surface area (Å²) in [6, 6.07) is 4.29. The Morgan fingerprint density at radius 3 is 2.67 bits per heavy atom. The molecule has 0 aliphatic carbocycles. The standard InChI is InChI=1S/C16H25N3OS/c1-11(2)15(14-5-7-17-8-6-14)18-16(20)19-9-10-21-13(4)12(19)3/h5-8,11-13,15H,9-10H2,1-4H3,(H,18,20). The van der Waals surface area contributed by atoms with E-state index in [0.717, 1.165) is 17.9 Å². The SMILES string of the molecule is CC(C)C(NC(=O)N1CCSC(C)C1C)c1ccncc1. The fourth-order valence-corrected chi connectivity index (χ4v) is 3.74. The highest BCUT2D eigenvalue weighted by molar-refractivity contribution is 8.00. The van der Waals surface area contributed by atoms with Crippen LogP contribution in [0.25, 0.3) is 0 Å². The smallest absolute Gasteiger partial charge is 0.318 e. The Morgan fingerprint density at radius 1 is 1.38 bits per heavy atom. The van der Waals surface area contributed by atoms with Crippen molar-refractivity contribution in [3.05, 3.63) is 30.1 Å². The van der Waals surface area contributed by atoms with Gasteiger partial charge in [-0.05, 0) is 30.5 Å². The Hall–Kier alpha value is -1.23. The Labute approximate surface area is 131 Å². The van der Waals surface area contributed by atoms with Gasteiger partial charge in [-0.1, -0.05) is 20.8 Å². The molecule has 21 heavy (non-hydrogen) atoms. The van der Waals surface area contributed by atoms with Gasteiger partial charge in [-0.15, -0.1) is 0 Å². The molecule has 0 radical (unpaired) electrons. The van der Waals surface area contributed by atoms with Crippen LogP contribution in [0.4, 0.5) is 4.79 Å². The van der Waals surface area contributed by atoms with E-state index in [1.165, 1.54) is 0 Å². The van der Waals surface area contributed by atoms with Crippen LogP contribution >= 0.6 is 11.8 Å². The summed E-state index contributed by atoms with van der Waals surface area (Å²) >= 11 is 1.94. The number of carbonyl (C=O) groups excluding carboxylic acids is 1. The van der Waals surface area contributed by atoms with Crippen molar-refractivity contribution in [1.29, 1.82) is 0 Å². The molecule has 2 heterocycles. The second-order valence-corrected chi connectivity index (χ2v) is 7.45. The van der Waals surface area contributed by atoms with Gasteiger partial charge in [0.1, 0.15) is 0 Å². The fourth-order valence-electron chi connectivity index (χ4n) is 2.64. The van der Waals surface area contributed by atoms with E-state index in [2.05, 4.69) is 38.0 Å². The van der Waals surface area contributed by atoms with Gasteiger partial charge in [0.05, 0.1) is 6.04 Å². The third-order valence-corrected chi connectivity index (χ3v) is 5.49. The van der Waals surface area contributed by atoms with Crippen LogP contribution in [0.1, 0.15) is 39.3 Å². The van der Waals surface area contributed by atoms with Crippen LogP contribution in [0.15, 0.2) is 24.5 Å². The highest BCUT2D eigenvalue weighted by atomic mass is 32.2. The topological polar surface area (TPSA) is 45.2 Å². The van der Waals surface area contributed by atoms with Crippen molar-refractivity contribution in [2.45, 2.75) is 45.0 Å². The lowest BCUT2D eigenvalue weighted by atomic mass is 9.97. The van der Waals surface area contributed by atoms with Gasteiger partial charge in [-0.25, -0.2) is 4.79 Å². The van der Waals surface area contributed by atoms with Gasteiger partial charge < -0.3 is 10.2 Å². The highest BCUT2D eigenvalue weighted by Crippen LogP contribution is 2.26. The molecule has 5 heteroatoms. The first-order valence-corrected chi connectivity index (χ1v) is 8.64. The monoisotopic (exact) mass is 307 g/mol. The van der Waals surface area contributed by atoms with E-state index in [4.69, 9.17) is 0 Å². The van der Waals surface area contributed by atoms with Crippen LogP contribution in [0.5, 0.6) is 0 Å². The molecule has 1 aliphatic heterocycles. The van der Waals surface area contributed by atoms with Crippen LogP contribution in [0.2, 0.25) is 0 Å². The van der Waals surface area contributed by atoms with E-state index in [0.29, 0.717) is 11.2 Å². The zero-order chi connectivity index (χ0) is 15.4. The zero-order valence-corrected chi connectivity index (χ0v) is 14.1. The minimum absolute atomic E-state index is 0.0255. The molecule has 4 nitrogen and oxygen atoms in total. The molecule has 2 amide bonds. The molecular weight excluding hydrogens is 282 g/mol. The number of thioether (sulfide) groups is 1. The number of carbonyl (C=O) groups is 1. The lowest BCUT2D eigenvalue weighted by Gasteiger charge is -2.38. The summed E-state index contributed by atoms with van der Waals surface area (Å²) in [5.74, 6) is 1.35. The van der Waals surface area contributed by atoms with E-state index in [-0.39, 0.29) is 18.1 Å². The third kappa shape index (κ3) is 3.90. The quantitative estimate of drug-likeness (QED) is 0.932. The molecule has 116 valence electrons. The van der Waals surface area contributed by atoms with Gasteiger partial charge in [-0.2, -0.15) is 11.8 Å². The van der Waals surface area contributed by atoms with E-state index in [1.54, 1.807) is 12.4 Å². The Morgan fingerprint density at radius 2 is 2.05 bits per heavy atom. The molecule has 1 fully saturated rings.